The standard InChI is InChI=1S/C14H12N4O/c15-9-12-3-1-2-11(8-12)4-5-14(19)16-10-13-6-7-17-18-13/h1-8H,10H2,(H,16,19)(H,17,18)/b5-4+. The lowest BCUT2D eigenvalue weighted by Crippen LogP contribution is -2.20. The molecule has 0 aliphatic carbocycles. The second-order valence-corrected chi connectivity index (χ2v) is 3.87. The smallest absolute Gasteiger partial charge is 0.244 e. The van der Waals surface area contributed by atoms with E-state index in [9.17, 15) is 4.79 Å². The summed E-state index contributed by atoms with van der Waals surface area (Å²) in [4.78, 5) is 11.6. The van der Waals surface area contributed by atoms with Gasteiger partial charge < -0.3 is 5.32 Å². The van der Waals surface area contributed by atoms with Gasteiger partial charge in [0.25, 0.3) is 0 Å². The summed E-state index contributed by atoms with van der Waals surface area (Å²) in [7, 11) is 0. The minimum Gasteiger partial charge on any atom is -0.347 e. The van der Waals surface area contributed by atoms with Crippen LogP contribution in [0.3, 0.4) is 0 Å². The van der Waals surface area contributed by atoms with Crippen LogP contribution >= 0.6 is 0 Å². The average Bonchev–Trinajstić information content (AvgIpc) is 2.96. The van der Waals surface area contributed by atoms with E-state index in [1.165, 1.54) is 6.08 Å². The van der Waals surface area contributed by atoms with Gasteiger partial charge in [0.1, 0.15) is 0 Å². The lowest BCUT2D eigenvalue weighted by Gasteiger charge is -1.99. The molecule has 0 fully saturated rings. The van der Waals surface area contributed by atoms with Crippen molar-refractivity contribution in [3.05, 3.63) is 59.4 Å². The molecule has 0 unspecified atom stereocenters. The molecule has 0 saturated heterocycles. The number of carbonyl (C=O) groups is 1. The van der Waals surface area contributed by atoms with E-state index in [0.29, 0.717) is 12.1 Å². The average molecular weight is 252 g/mol. The van der Waals surface area contributed by atoms with Crippen LogP contribution in [0.4, 0.5) is 0 Å². The van der Waals surface area contributed by atoms with Gasteiger partial charge in [0.15, 0.2) is 0 Å². The van der Waals surface area contributed by atoms with Crippen molar-refractivity contribution in [1.82, 2.24) is 15.5 Å². The number of nitrogens with one attached hydrogen (secondary N) is 2. The molecule has 0 saturated carbocycles. The molecule has 94 valence electrons. The molecule has 0 atom stereocenters. The Hall–Kier alpha value is -2.87. The Morgan fingerprint density at radius 2 is 2.37 bits per heavy atom. The Balaban J connectivity index is 1.91. The molecule has 1 aromatic carbocycles. The van der Waals surface area contributed by atoms with Crippen LogP contribution in [0.1, 0.15) is 16.8 Å². The van der Waals surface area contributed by atoms with E-state index in [-0.39, 0.29) is 5.91 Å². The first-order valence-electron chi connectivity index (χ1n) is 5.72. The number of aromatic nitrogens is 2. The quantitative estimate of drug-likeness (QED) is 0.811. The van der Waals surface area contributed by atoms with Gasteiger partial charge in [-0.15, -0.1) is 0 Å². The van der Waals surface area contributed by atoms with Crippen molar-refractivity contribution in [2.75, 3.05) is 0 Å². The molecular weight excluding hydrogens is 240 g/mol. The van der Waals surface area contributed by atoms with Crippen molar-refractivity contribution < 1.29 is 4.79 Å². The second kappa shape index (κ2) is 6.17. The number of H-pyrrole nitrogens is 1. The van der Waals surface area contributed by atoms with Crippen LogP contribution in [0.2, 0.25) is 0 Å². The minimum atomic E-state index is -0.197. The molecule has 1 aromatic heterocycles. The SMILES string of the molecule is N#Cc1cccc(/C=C/C(=O)NCc2ccn[nH]2)c1. The predicted octanol–water partition coefficient (Wildman–Crippen LogP) is 1.61. The number of hydrogen-bond donors (Lipinski definition) is 2. The van der Waals surface area contributed by atoms with Crippen LogP contribution in [0, 0.1) is 11.3 Å². The number of aromatic amines is 1. The highest BCUT2D eigenvalue weighted by atomic mass is 16.1. The van der Waals surface area contributed by atoms with Crippen molar-refractivity contribution >= 4 is 12.0 Å². The maximum atomic E-state index is 11.6. The monoisotopic (exact) mass is 252 g/mol. The third kappa shape index (κ3) is 3.82. The molecule has 5 nitrogen and oxygen atoms in total. The Morgan fingerprint density at radius 3 is 3.11 bits per heavy atom. The molecule has 1 heterocycles. The number of nitriles is 1. The number of rotatable bonds is 4. The van der Waals surface area contributed by atoms with E-state index in [1.54, 1.807) is 36.5 Å². The molecule has 0 aliphatic heterocycles. The summed E-state index contributed by atoms with van der Waals surface area (Å²) >= 11 is 0. The van der Waals surface area contributed by atoms with Gasteiger partial charge in [-0.2, -0.15) is 10.4 Å². The van der Waals surface area contributed by atoms with Gasteiger partial charge in [0, 0.05) is 12.3 Å². The fraction of sp³-hybridized carbons (Fsp3) is 0.0714. The molecule has 2 rings (SSSR count). The predicted molar refractivity (Wildman–Crippen MR) is 70.6 cm³/mol. The fourth-order valence-corrected chi connectivity index (χ4v) is 1.51. The van der Waals surface area contributed by atoms with Crippen molar-refractivity contribution in [2.24, 2.45) is 0 Å². The molecule has 0 bridgehead atoms. The highest BCUT2D eigenvalue weighted by Gasteiger charge is 1.97. The summed E-state index contributed by atoms with van der Waals surface area (Å²) in [6, 6.07) is 10.9. The minimum absolute atomic E-state index is 0.197. The second-order valence-electron chi connectivity index (χ2n) is 3.87. The van der Waals surface area contributed by atoms with E-state index in [1.807, 2.05) is 6.07 Å². The zero-order valence-corrected chi connectivity index (χ0v) is 10.1. The van der Waals surface area contributed by atoms with Gasteiger partial charge in [-0.25, -0.2) is 0 Å². The summed E-state index contributed by atoms with van der Waals surface area (Å²) < 4.78 is 0. The van der Waals surface area contributed by atoms with Crippen LogP contribution in [-0.4, -0.2) is 16.1 Å². The maximum absolute atomic E-state index is 11.6. The van der Waals surface area contributed by atoms with Crippen molar-refractivity contribution in [3.8, 4) is 6.07 Å². The van der Waals surface area contributed by atoms with Crippen LogP contribution in [0.5, 0.6) is 0 Å². The maximum Gasteiger partial charge on any atom is 0.244 e. The van der Waals surface area contributed by atoms with E-state index in [2.05, 4.69) is 21.6 Å². The first kappa shape index (κ1) is 12.6. The number of amides is 1. The first-order valence-corrected chi connectivity index (χ1v) is 5.72. The molecule has 0 spiro atoms. The van der Waals surface area contributed by atoms with Gasteiger partial charge >= 0.3 is 0 Å². The third-order valence-corrected chi connectivity index (χ3v) is 2.45. The van der Waals surface area contributed by atoms with Crippen LogP contribution in [-0.2, 0) is 11.3 Å². The molecule has 2 aromatic rings. The largest absolute Gasteiger partial charge is 0.347 e. The highest BCUT2D eigenvalue weighted by Crippen LogP contribution is 2.05. The molecular formula is C14H12N4O. The fourth-order valence-electron chi connectivity index (χ4n) is 1.51. The van der Waals surface area contributed by atoms with Gasteiger partial charge in [-0.3, -0.25) is 9.89 Å². The van der Waals surface area contributed by atoms with Crippen LogP contribution in [0.25, 0.3) is 6.08 Å². The van der Waals surface area contributed by atoms with Gasteiger partial charge in [-0.05, 0) is 29.8 Å². The Bertz CT molecular complexity index is 623. The molecule has 5 heteroatoms. The van der Waals surface area contributed by atoms with E-state index in [0.717, 1.165) is 11.3 Å². The normalized spacial score (nSPS) is 10.3. The highest BCUT2D eigenvalue weighted by molar-refractivity contribution is 5.91. The molecule has 2 N–H and O–H groups in total. The lowest BCUT2D eigenvalue weighted by atomic mass is 10.1. The number of nitrogens with zero attached hydrogens (tertiary/aromatic N) is 2. The summed E-state index contributed by atoms with van der Waals surface area (Å²) in [6.07, 6.45) is 4.74. The Labute approximate surface area is 110 Å². The van der Waals surface area contributed by atoms with Gasteiger partial charge in [0.05, 0.1) is 23.9 Å². The van der Waals surface area contributed by atoms with Crippen molar-refractivity contribution in [3.63, 3.8) is 0 Å². The zero-order valence-electron chi connectivity index (χ0n) is 10.1. The zero-order chi connectivity index (χ0) is 13.5. The lowest BCUT2D eigenvalue weighted by molar-refractivity contribution is -0.116. The van der Waals surface area contributed by atoms with E-state index < -0.39 is 0 Å². The van der Waals surface area contributed by atoms with Crippen molar-refractivity contribution in [2.45, 2.75) is 6.54 Å². The summed E-state index contributed by atoms with van der Waals surface area (Å²) in [5.41, 5.74) is 2.23. The van der Waals surface area contributed by atoms with E-state index >= 15 is 0 Å². The Morgan fingerprint density at radius 1 is 1.47 bits per heavy atom. The molecule has 0 radical (unpaired) electrons. The van der Waals surface area contributed by atoms with Crippen LogP contribution < -0.4 is 5.32 Å². The molecule has 19 heavy (non-hydrogen) atoms. The molecule has 1 amide bonds. The number of benzene rings is 1. The molecule has 0 aliphatic rings. The van der Waals surface area contributed by atoms with Gasteiger partial charge in [0.2, 0.25) is 5.91 Å². The van der Waals surface area contributed by atoms with E-state index in [4.69, 9.17) is 5.26 Å². The number of carbonyl (C=O) groups excluding carboxylic acids is 1. The summed E-state index contributed by atoms with van der Waals surface area (Å²) in [6.45, 7) is 0.404. The van der Waals surface area contributed by atoms with Gasteiger partial charge in [-0.1, -0.05) is 12.1 Å². The topological polar surface area (TPSA) is 81.6 Å². The third-order valence-electron chi connectivity index (χ3n) is 2.45. The van der Waals surface area contributed by atoms with Crippen molar-refractivity contribution in [1.29, 1.82) is 5.26 Å². The first-order chi connectivity index (χ1) is 9.28. The summed E-state index contributed by atoms with van der Waals surface area (Å²) in [5.74, 6) is -0.197. The summed E-state index contributed by atoms with van der Waals surface area (Å²) in [5, 5.41) is 18.0. The number of hydrogen-bond acceptors (Lipinski definition) is 3. The van der Waals surface area contributed by atoms with Crippen LogP contribution in [0.15, 0.2) is 42.6 Å². The Kier molecular flexibility index (Phi) is 4.09.